The van der Waals surface area contributed by atoms with Crippen LogP contribution in [-0.4, -0.2) is 40.8 Å². The summed E-state index contributed by atoms with van der Waals surface area (Å²) in [7, 11) is 0. The fraction of sp³-hybridized carbons (Fsp3) is 0.286. The molecule has 1 amide bonds. The predicted octanol–water partition coefficient (Wildman–Crippen LogP) is 3.02. The molecule has 2 aliphatic heterocycles. The van der Waals surface area contributed by atoms with Crippen LogP contribution in [0.5, 0.6) is 11.5 Å². The molecule has 142 valence electrons. The molecule has 0 radical (unpaired) electrons. The normalized spacial score (nSPS) is 18.1. The van der Waals surface area contributed by atoms with E-state index in [4.69, 9.17) is 14.0 Å². The Morgan fingerprint density at radius 2 is 1.93 bits per heavy atom. The Bertz CT molecular complexity index is 1000. The summed E-state index contributed by atoms with van der Waals surface area (Å²) in [5, 5.41) is 4.12. The molecule has 7 nitrogen and oxygen atoms in total. The molecular weight excluding hydrogens is 358 g/mol. The van der Waals surface area contributed by atoms with Gasteiger partial charge in [-0.25, -0.2) is 0 Å². The summed E-state index contributed by atoms with van der Waals surface area (Å²) in [5.41, 5.74) is 2.00. The summed E-state index contributed by atoms with van der Waals surface area (Å²) in [4.78, 5) is 18.8. The molecule has 28 heavy (non-hydrogen) atoms. The number of likely N-dealkylation sites (tertiary alicyclic amines) is 1. The van der Waals surface area contributed by atoms with Crippen molar-refractivity contribution in [1.29, 1.82) is 0 Å². The molecular formula is C21H19N3O4. The van der Waals surface area contributed by atoms with E-state index in [2.05, 4.69) is 22.3 Å². The fourth-order valence-electron chi connectivity index (χ4n) is 3.62. The van der Waals surface area contributed by atoms with Crippen molar-refractivity contribution >= 4 is 5.91 Å². The van der Waals surface area contributed by atoms with Crippen LogP contribution in [0.1, 0.15) is 23.7 Å². The number of aromatic nitrogens is 2. The summed E-state index contributed by atoms with van der Waals surface area (Å²) in [6, 6.07) is 15.7. The third-order valence-electron chi connectivity index (χ3n) is 5.15. The predicted molar refractivity (Wildman–Crippen MR) is 99.9 cm³/mol. The molecule has 0 bridgehead atoms. The van der Waals surface area contributed by atoms with E-state index in [1.807, 2.05) is 41.3 Å². The van der Waals surface area contributed by atoms with Crippen molar-refractivity contribution < 1.29 is 18.8 Å². The van der Waals surface area contributed by atoms with Crippen LogP contribution in [0.3, 0.4) is 0 Å². The van der Waals surface area contributed by atoms with Gasteiger partial charge in [-0.2, -0.15) is 4.98 Å². The summed E-state index contributed by atoms with van der Waals surface area (Å²) in [6.07, 6.45) is 1.25. The van der Waals surface area contributed by atoms with Crippen molar-refractivity contribution in [3.05, 3.63) is 59.9 Å². The van der Waals surface area contributed by atoms with Crippen molar-refractivity contribution in [2.75, 3.05) is 19.9 Å². The number of hydrogen-bond donors (Lipinski definition) is 0. The molecule has 0 spiro atoms. The van der Waals surface area contributed by atoms with Crippen molar-refractivity contribution in [2.24, 2.45) is 0 Å². The van der Waals surface area contributed by atoms with Crippen LogP contribution >= 0.6 is 0 Å². The summed E-state index contributed by atoms with van der Waals surface area (Å²) >= 11 is 0. The molecule has 3 aromatic rings. The van der Waals surface area contributed by atoms with Crippen molar-refractivity contribution in [2.45, 2.75) is 18.8 Å². The van der Waals surface area contributed by atoms with E-state index in [1.54, 1.807) is 0 Å². The first kappa shape index (κ1) is 16.8. The number of amides is 1. The van der Waals surface area contributed by atoms with Gasteiger partial charge < -0.3 is 18.9 Å². The Morgan fingerprint density at radius 1 is 1.07 bits per heavy atom. The van der Waals surface area contributed by atoms with E-state index in [-0.39, 0.29) is 18.6 Å². The smallest absolute Gasteiger partial charge is 0.258 e. The van der Waals surface area contributed by atoms with Gasteiger partial charge in [-0.05, 0) is 30.2 Å². The van der Waals surface area contributed by atoms with Crippen LogP contribution in [0.2, 0.25) is 0 Å². The minimum Gasteiger partial charge on any atom is -0.454 e. The average Bonchev–Trinajstić information content (AvgIpc) is 3.46. The van der Waals surface area contributed by atoms with Gasteiger partial charge in [-0.1, -0.05) is 35.5 Å². The molecule has 0 N–H and O–H groups in total. The lowest BCUT2D eigenvalue weighted by atomic mass is 10.1. The van der Waals surface area contributed by atoms with Gasteiger partial charge in [0, 0.05) is 31.0 Å². The monoisotopic (exact) mass is 377 g/mol. The summed E-state index contributed by atoms with van der Waals surface area (Å²) < 4.78 is 16.2. The zero-order valence-corrected chi connectivity index (χ0v) is 15.2. The maximum absolute atomic E-state index is 12.4. The van der Waals surface area contributed by atoms with Crippen molar-refractivity contribution in [1.82, 2.24) is 15.0 Å². The highest BCUT2D eigenvalue weighted by Crippen LogP contribution is 2.36. The maximum atomic E-state index is 12.4. The van der Waals surface area contributed by atoms with E-state index < -0.39 is 0 Å². The molecule has 2 aromatic carbocycles. The standard InChI is InChI=1S/C21H19N3O4/c25-19-11-16(12-24(19)9-8-14-4-2-1-3-5-14)20-22-21(28-23-20)15-6-7-17-18(10-15)27-13-26-17/h1-7,10,16H,8-9,11-13H2. The Balaban J connectivity index is 1.26. The third kappa shape index (κ3) is 3.19. The van der Waals surface area contributed by atoms with Gasteiger partial charge in [0.25, 0.3) is 5.89 Å². The van der Waals surface area contributed by atoms with Crippen LogP contribution in [0.15, 0.2) is 53.1 Å². The molecule has 1 fully saturated rings. The molecule has 1 aromatic heterocycles. The van der Waals surface area contributed by atoms with Gasteiger partial charge in [-0.15, -0.1) is 0 Å². The second-order valence-corrected chi connectivity index (χ2v) is 7.00. The number of fused-ring (bicyclic) bond motifs is 1. The quantitative estimate of drug-likeness (QED) is 0.680. The van der Waals surface area contributed by atoms with Gasteiger partial charge in [0.1, 0.15) is 0 Å². The molecule has 3 heterocycles. The molecule has 5 rings (SSSR count). The lowest BCUT2D eigenvalue weighted by Gasteiger charge is -2.15. The highest BCUT2D eigenvalue weighted by Gasteiger charge is 2.33. The number of ether oxygens (including phenoxy) is 2. The molecule has 1 atom stereocenters. The van der Waals surface area contributed by atoms with Crippen LogP contribution < -0.4 is 9.47 Å². The van der Waals surface area contributed by atoms with Crippen LogP contribution in [0, 0.1) is 0 Å². The zero-order chi connectivity index (χ0) is 18.9. The first-order valence-electron chi connectivity index (χ1n) is 9.31. The zero-order valence-electron chi connectivity index (χ0n) is 15.2. The van der Waals surface area contributed by atoms with Gasteiger partial charge in [-0.3, -0.25) is 4.79 Å². The minimum absolute atomic E-state index is 0.0465. The van der Waals surface area contributed by atoms with Gasteiger partial charge in [0.05, 0.1) is 0 Å². The maximum Gasteiger partial charge on any atom is 0.258 e. The van der Waals surface area contributed by atoms with E-state index in [9.17, 15) is 4.79 Å². The molecule has 1 saturated heterocycles. The van der Waals surface area contributed by atoms with Crippen molar-refractivity contribution in [3.63, 3.8) is 0 Å². The van der Waals surface area contributed by atoms with Gasteiger partial charge >= 0.3 is 0 Å². The van der Waals surface area contributed by atoms with Crippen LogP contribution in [0.25, 0.3) is 11.5 Å². The van der Waals surface area contributed by atoms with Crippen LogP contribution in [-0.2, 0) is 11.2 Å². The Labute approximate surface area is 161 Å². The Hall–Kier alpha value is -3.35. The largest absolute Gasteiger partial charge is 0.454 e. The number of benzene rings is 2. The first-order chi connectivity index (χ1) is 13.8. The lowest BCUT2D eigenvalue weighted by Crippen LogP contribution is -2.27. The number of nitrogens with zero attached hydrogens (tertiary/aromatic N) is 3. The molecule has 1 unspecified atom stereocenters. The van der Waals surface area contributed by atoms with Crippen LogP contribution in [0.4, 0.5) is 0 Å². The van der Waals surface area contributed by atoms with Gasteiger partial charge in [0.15, 0.2) is 17.3 Å². The van der Waals surface area contributed by atoms with E-state index >= 15 is 0 Å². The van der Waals surface area contributed by atoms with Crippen molar-refractivity contribution in [3.8, 4) is 23.0 Å². The molecule has 0 aliphatic carbocycles. The fourth-order valence-corrected chi connectivity index (χ4v) is 3.62. The van der Waals surface area contributed by atoms with E-state index in [0.29, 0.717) is 42.7 Å². The number of carbonyl (C=O) groups is 1. The summed E-state index contributed by atoms with van der Waals surface area (Å²) in [5.74, 6) is 2.45. The van der Waals surface area contributed by atoms with E-state index in [0.717, 1.165) is 12.0 Å². The highest BCUT2D eigenvalue weighted by molar-refractivity contribution is 5.79. The second-order valence-electron chi connectivity index (χ2n) is 7.00. The SMILES string of the molecule is O=C1CC(c2noc(-c3ccc4c(c3)OCO4)n2)CN1CCc1ccccc1. The Morgan fingerprint density at radius 3 is 2.82 bits per heavy atom. The number of rotatable bonds is 5. The Kier molecular flexibility index (Phi) is 4.20. The summed E-state index contributed by atoms with van der Waals surface area (Å²) in [6.45, 7) is 1.54. The first-order valence-corrected chi connectivity index (χ1v) is 9.31. The molecule has 2 aliphatic rings. The number of hydrogen-bond acceptors (Lipinski definition) is 6. The molecule has 0 saturated carbocycles. The minimum atomic E-state index is -0.0465. The average molecular weight is 377 g/mol. The third-order valence-corrected chi connectivity index (χ3v) is 5.15. The lowest BCUT2D eigenvalue weighted by molar-refractivity contribution is -0.127. The highest BCUT2D eigenvalue weighted by atomic mass is 16.7. The van der Waals surface area contributed by atoms with Gasteiger partial charge in [0.2, 0.25) is 12.7 Å². The number of carbonyl (C=O) groups excluding carboxylic acids is 1. The van der Waals surface area contributed by atoms with E-state index in [1.165, 1.54) is 5.56 Å². The second kappa shape index (κ2) is 6.99. The topological polar surface area (TPSA) is 77.7 Å². The molecule has 7 heteroatoms.